The largest absolute Gasteiger partial charge is 0.323 e. The lowest BCUT2D eigenvalue weighted by molar-refractivity contribution is -0.387. The summed E-state index contributed by atoms with van der Waals surface area (Å²) in [5.41, 5.74) is 8.63. The number of para-hydroxylation sites is 1. The lowest BCUT2D eigenvalue weighted by atomic mass is 10.0. The van der Waals surface area contributed by atoms with Crippen LogP contribution >= 0.6 is 11.8 Å². The molecule has 0 saturated carbocycles. The van der Waals surface area contributed by atoms with Crippen LogP contribution in [0, 0.1) is 17.0 Å². The summed E-state index contributed by atoms with van der Waals surface area (Å²) in [6.07, 6.45) is 0. The summed E-state index contributed by atoms with van der Waals surface area (Å²) in [6.45, 7) is 4.02. The summed E-state index contributed by atoms with van der Waals surface area (Å²) >= 11 is 1.44. The second kappa shape index (κ2) is 6.74. The molecule has 0 amide bonds. The van der Waals surface area contributed by atoms with Crippen LogP contribution in [0.25, 0.3) is 0 Å². The van der Waals surface area contributed by atoms with E-state index in [1.54, 1.807) is 18.2 Å². The van der Waals surface area contributed by atoms with Gasteiger partial charge in [0.15, 0.2) is 0 Å². The van der Waals surface area contributed by atoms with Gasteiger partial charge in [0.05, 0.1) is 9.82 Å². The first-order valence-electron chi connectivity index (χ1n) is 6.71. The molecular weight excluding hydrogens is 284 g/mol. The number of rotatable bonds is 5. The van der Waals surface area contributed by atoms with Gasteiger partial charge in [0.2, 0.25) is 0 Å². The summed E-state index contributed by atoms with van der Waals surface area (Å²) in [6, 6.07) is 14.7. The molecule has 4 nitrogen and oxygen atoms in total. The van der Waals surface area contributed by atoms with Gasteiger partial charge in [-0.25, -0.2) is 0 Å². The molecule has 0 saturated heterocycles. The Hall–Kier alpha value is -1.85. The Kier molecular flexibility index (Phi) is 4.98. The number of hydrogen-bond acceptors (Lipinski definition) is 4. The summed E-state index contributed by atoms with van der Waals surface area (Å²) in [5.74, 6) is 0. The zero-order valence-corrected chi connectivity index (χ0v) is 12.8. The van der Waals surface area contributed by atoms with Gasteiger partial charge in [-0.05, 0) is 18.6 Å². The van der Waals surface area contributed by atoms with E-state index in [0.29, 0.717) is 4.90 Å². The monoisotopic (exact) mass is 302 g/mol. The normalized spacial score (nSPS) is 13.7. The van der Waals surface area contributed by atoms with Crippen LogP contribution in [0.2, 0.25) is 0 Å². The van der Waals surface area contributed by atoms with Gasteiger partial charge in [0, 0.05) is 17.4 Å². The van der Waals surface area contributed by atoms with Crippen molar-refractivity contribution in [3.05, 3.63) is 69.8 Å². The van der Waals surface area contributed by atoms with Crippen molar-refractivity contribution in [2.45, 2.75) is 30.0 Å². The van der Waals surface area contributed by atoms with E-state index in [0.717, 1.165) is 5.56 Å². The first kappa shape index (κ1) is 15.5. The second-order valence-electron chi connectivity index (χ2n) is 4.98. The predicted molar refractivity (Wildman–Crippen MR) is 86.5 cm³/mol. The number of nitrogens with two attached hydrogens (primary N) is 1. The number of nitrogens with zero attached hydrogens (tertiary/aromatic N) is 1. The Balaban J connectivity index is 2.16. The molecule has 21 heavy (non-hydrogen) atoms. The van der Waals surface area contributed by atoms with Gasteiger partial charge in [-0.15, -0.1) is 11.8 Å². The highest BCUT2D eigenvalue weighted by molar-refractivity contribution is 8.00. The van der Waals surface area contributed by atoms with Crippen LogP contribution in [0.5, 0.6) is 0 Å². The van der Waals surface area contributed by atoms with Gasteiger partial charge in [-0.3, -0.25) is 10.1 Å². The molecule has 2 aromatic rings. The number of thioether (sulfide) groups is 1. The van der Waals surface area contributed by atoms with Crippen LogP contribution in [0.4, 0.5) is 5.69 Å². The van der Waals surface area contributed by atoms with E-state index in [2.05, 4.69) is 0 Å². The fourth-order valence-corrected chi connectivity index (χ4v) is 3.17. The van der Waals surface area contributed by atoms with E-state index in [9.17, 15) is 10.1 Å². The van der Waals surface area contributed by atoms with Crippen LogP contribution in [0.1, 0.15) is 24.1 Å². The Bertz CT molecular complexity index is 628. The second-order valence-corrected chi connectivity index (χ2v) is 6.40. The van der Waals surface area contributed by atoms with Crippen LogP contribution in [0.3, 0.4) is 0 Å². The van der Waals surface area contributed by atoms with E-state index in [-0.39, 0.29) is 21.9 Å². The highest BCUT2D eigenvalue weighted by atomic mass is 32.2. The van der Waals surface area contributed by atoms with Crippen molar-refractivity contribution in [2.75, 3.05) is 0 Å². The molecule has 0 aliphatic rings. The number of benzene rings is 2. The van der Waals surface area contributed by atoms with Crippen molar-refractivity contribution >= 4 is 17.4 Å². The molecule has 0 bridgehead atoms. The number of nitro groups is 1. The van der Waals surface area contributed by atoms with E-state index in [1.165, 1.54) is 23.4 Å². The van der Waals surface area contributed by atoms with Gasteiger partial charge < -0.3 is 5.73 Å². The van der Waals surface area contributed by atoms with E-state index in [1.807, 2.05) is 38.1 Å². The van der Waals surface area contributed by atoms with Crippen LogP contribution in [0.15, 0.2) is 53.4 Å². The van der Waals surface area contributed by atoms with Gasteiger partial charge in [-0.1, -0.05) is 48.9 Å². The molecule has 2 unspecified atom stereocenters. The standard InChI is InChI=1S/C16H18N2O2S/c1-11-7-9-13(10-8-11)16(17)12(2)21-15-6-4-3-5-14(15)18(19)20/h3-10,12,16H,17H2,1-2H3. The molecule has 0 fully saturated rings. The SMILES string of the molecule is Cc1ccc(C(N)C(C)Sc2ccccc2[N+](=O)[O-])cc1. The first-order valence-corrected chi connectivity index (χ1v) is 7.59. The Morgan fingerprint density at radius 2 is 1.76 bits per heavy atom. The molecule has 0 spiro atoms. The molecule has 2 rings (SSSR count). The summed E-state index contributed by atoms with van der Waals surface area (Å²) in [4.78, 5) is 11.3. The lowest BCUT2D eigenvalue weighted by Gasteiger charge is -2.20. The third-order valence-electron chi connectivity index (χ3n) is 3.34. The molecule has 0 aliphatic carbocycles. The smallest absolute Gasteiger partial charge is 0.282 e. The molecule has 2 atom stereocenters. The topological polar surface area (TPSA) is 69.2 Å². The van der Waals surface area contributed by atoms with Crippen molar-refractivity contribution in [2.24, 2.45) is 5.73 Å². The van der Waals surface area contributed by atoms with Crippen molar-refractivity contribution < 1.29 is 4.92 Å². The van der Waals surface area contributed by atoms with Crippen molar-refractivity contribution in [3.8, 4) is 0 Å². The minimum Gasteiger partial charge on any atom is -0.323 e. The molecule has 2 aromatic carbocycles. The third kappa shape index (κ3) is 3.83. The van der Waals surface area contributed by atoms with Gasteiger partial charge in [0.25, 0.3) is 5.69 Å². The minimum atomic E-state index is -0.355. The average molecular weight is 302 g/mol. The van der Waals surface area contributed by atoms with Crippen molar-refractivity contribution in [1.29, 1.82) is 0 Å². The van der Waals surface area contributed by atoms with Gasteiger partial charge in [0.1, 0.15) is 0 Å². The zero-order chi connectivity index (χ0) is 15.4. The van der Waals surface area contributed by atoms with Crippen LogP contribution in [-0.2, 0) is 0 Å². The maximum absolute atomic E-state index is 11.0. The molecule has 2 N–H and O–H groups in total. The van der Waals surface area contributed by atoms with Crippen LogP contribution < -0.4 is 5.73 Å². The molecular formula is C16H18N2O2S. The highest BCUT2D eigenvalue weighted by Gasteiger charge is 2.20. The molecule has 0 aliphatic heterocycles. The lowest BCUT2D eigenvalue weighted by Crippen LogP contribution is -2.21. The maximum atomic E-state index is 11.0. The summed E-state index contributed by atoms with van der Waals surface area (Å²) < 4.78 is 0. The Morgan fingerprint density at radius 1 is 1.14 bits per heavy atom. The molecule has 0 heterocycles. The first-order chi connectivity index (χ1) is 9.99. The zero-order valence-electron chi connectivity index (χ0n) is 12.0. The Morgan fingerprint density at radius 3 is 2.38 bits per heavy atom. The Labute approximate surface area is 128 Å². The number of aryl methyl sites for hydroxylation is 1. The van der Waals surface area contributed by atoms with E-state index in [4.69, 9.17) is 5.73 Å². The van der Waals surface area contributed by atoms with Crippen molar-refractivity contribution in [1.82, 2.24) is 0 Å². The average Bonchev–Trinajstić information content (AvgIpc) is 2.47. The molecule has 5 heteroatoms. The third-order valence-corrected chi connectivity index (χ3v) is 4.61. The predicted octanol–water partition coefficient (Wildman–Crippen LogP) is 4.08. The van der Waals surface area contributed by atoms with E-state index < -0.39 is 0 Å². The molecule has 0 aromatic heterocycles. The quantitative estimate of drug-likeness (QED) is 0.513. The fourth-order valence-electron chi connectivity index (χ4n) is 2.04. The number of hydrogen-bond donors (Lipinski definition) is 1. The number of nitro benzene ring substituents is 1. The highest BCUT2D eigenvalue weighted by Crippen LogP contribution is 2.35. The molecule has 0 radical (unpaired) electrons. The minimum absolute atomic E-state index is 0.0359. The summed E-state index contributed by atoms with van der Waals surface area (Å²) in [7, 11) is 0. The van der Waals surface area contributed by atoms with Crippen molar-refractivity contribution in [3.63, 3.8) is 0 Å². The van der Waals surface area contributed by atoms with Gasteiger partial charge in [-0.2, -0.15) is 0 Å². The summed E-state index contributed by atoms with van der Waals surface area (Å²) in [5, 5.41) is 11.1. The molecule has 110 valence electrons. The van der Waals surface area contributed by atoms with Crippen LogP contribution in [-0.4, -0.2) is 10.2 Å². The fraction of sp³-hybridized carbons (Fsp3) is 0.250. The van der Waals surface area contributed by atoms with Gasteiger partial charge >= 0.3 is 0 Å². The maximum Gasteiger partial charge on any atom is 0.282 e. The van der Waals surface area contributed by atoms with E-state index >= 15 is 0 Å².